The molecular weight excluding hydrogens is 248 g/mol. The number of hydrogen-bond donors (Lipinski definition) is 1. The van der Waals surface area contributed by atoms with E-state index in [4.69, 9.17) is 4.74 Å². The van der Waals surface area contributed by atoms with E-state index in [1.54, 1.807) is 7.11 Å². The Hall–Kier alpha value is -1.06. The van der Waals surface area contributed by atoms with Crippen molar-refractivity contribution < 1.29 is 4.74 Å². The Balaban J connectivity index is 1.49. The Labute approximate surface area is 121 Å². The van der Waals surface area contributed by atoms with Gasteiger partial charge in [0.05, 0.1) is 7.11 Å². The summed E-state index contributed by atoms with van der Waals surface area (Å²) in [4.78, 5) is 2.76. The molecule has 108 valence electrons. The monoisotopic (exact) mass is 272 g/mol. The number of nitrogens with zero attached hydrogens (tertiary/aromatic N) is 1. The van der Waals surface area contributed by atoms with Crippen molar-refractivity contribution in [2.75, 3.05) is 33.3 Å². The van der Waals surface area contributed by atoms with E-state index in [2.05, 4.69) is 28.4 Å². The summed E-state index contributed by atoms with van der Waals surface area (Å²) in [5.41, 5.74) is 3.04. The fourth-order valence-corrected chi connectivity index (χ4v) is 4.34. The molecule has 0 aromatic heterocycles. The molecule has 1 N–H and O–H groups in total. The van der Waals surface area contributed by atoms with Crippen LogP contribution in [0.4, 0.5) is 0 Å². The van der Waals surface area contributed by atoms with Crippen LogP contribution in [0.15, 0.2) is 18.2 Å². The van der Waals surface area contributed by atoms with Gasteiger partial charge in [-0.2, -0.15) is 0 Å². The van der Waals surface area contributed by atoms with Gasteiger partial charge in [0.15, 0.2) is 0 Å². The zero-order chi connectivity index (χ0) is 13.5. The largest absolute Gasteiger partial charge is 0.497 e. The van der Waals surface area contributed by atoms with Crippen molar-refractivity contribution >= 4 is 0 Å². The van der Waals surface area contributed by atoms with Crippen LogP contribution in [-0.2, 0) is 12.8 Å². The summed E-state index contributed by atoms with van der Waals surface area (Å²) in [6, 6.07) is 7.36. The van der Waals surface area contributed by atoms with Crippen LogP contribution in [0.25, 0.3) is 0 Å². The second-order valence-electron chi connectivity index (χ2n) is 6.66. The summed E-state index contributed by atoms with van der Waals surface area (Å²) in [6.45, 7) is 5.08. The molecule has 20 heavy (non-hydrogen) atoms. The fourth-order valence-electron chi connectivity index (χ4n) is 4.34. The second kappa shape index (κ2) is 5.05. The summed E-state index contributed by atoms with van der Waals surface area (Å²) in [5.74, 6) is 2.82. The quantitative estimate of drug-likeness (QED) is 0.887. The van der Waals surface area contributed by atoms with E-state index >= 15 is 0 Å². The van der Waals surface area contributed by atoms with Crippen LogP contribution in [0.5, 0.6) is 5.75 Å². The van der Waals surface area contributed by atoms with Crippen LogP contribution in [0.2, 0.25) is 0 Å². The van der Waals surface area contributed by atoms with Crippen LogP contribution < -0.4 is 10.1 Å². The van der Waals surface area contributed by atoms with E-state index in [1.807, 2.05) is 0 Å². The lowest BCUT2D eigenvalue weighted by molar-refractivity contribution is 0.207. The van der Waals surface area contributed by atoms with Crippen molar-refractivity contribution in [1.82, 2.24) is 10.2 Å². The molecule has 1 aromatic carbocycles. The maximum Gasteiger partial charge on any atom is 0.119 e. The smallest absolute Gasteiger partial charge is 0.119 e. The Morgan fingerprint density at radius 2 is 1.95 bits per heavy atom. The first-order valence-corrected chi connectivity index (χ1v) is 7.94. The maximum atomic E-state index is 5.38. The molecule has 3 aliphatic rings. The van der Waals surface area contributed by atoms with Crippen LogP contribution in [0.3, 0.4) is 0 Å². The molecule has 3 atom stereocenters. The summed E-state index contributed by atoms with van der Waals surface area (Å²) in [5, 5.41) is 3.54. The summed E-state index contributed by atoms with van der Waals surface area (Å²) >= 11 is 0. The highest BCUT2D eigenvalue weighted by Crippen LogP contribution is 2.33. The highest BCUT2D eigenvalue weighted by Gasteiger charge is 2.39. The summed E-state index contributed by atoms with van der Waals surface area (Å²) < 4.78 is 5.38. The molecule has 4 rings (SSSR count). The first-order valence-electron chi connectivity index (χ1n) is 7.94. The van der Waals surface area contributed by atoms with Crippen LogP contribution in [0, 0.1) is 11.8 Å². The first-order chi connectivity index (χ1) is 9.83. The molecule has 0 spiro atoms. The molecule has 1 aromatic rings. The lowest BCUT2D eigenvalue weighted by Gasteiger charge is -2.33. The predicted octanol–water partition coefficient (Wildman–Crippen LogP) is 1.70. The molecule has 3 nitrogen and oxygen atoms in total. The minimum atomic E-state index is 0.750. The molecule has 0 saturated carbocycles. The normalized spacial score (nSPS) is 33.0. The van der Waals surface area contributed by atoms with Crippen molar-refractivity contribution in [3.05, 3.63) is 29.3 Å². The zero-order valence-electron chi connectivity index (χ0n) is 12.3. The molecule has 2 saturated heterocycles. The third-order valence-corrected chi connectivity index (χ3v) is 5.55. The highest BCUT2D eigenvalue weighted by atomic mass is 16.5. The van der Waals surface area contributed by atoms with Gasteiger partial charge in [-0.3, -0.25) is 4.90 Å². The molecule has 3 heteroatoms. The number of likely N-dealkylation sites (tertiary alicyclic amines) is 1. The SMILES string of the molecule is COc1ccc2c(c1)CC(N1C[C@H]3CNC[C@H]3C1)CC2. The van der Waals surface area contributed by atoms with E-state index in [0.29, 0.717) is 0 Å². The molecule has 1 unspecified atom stereocenters. The van der Waals surface area contributed by atoms with Gasteiger partial charge in [0, 0.05) is 19.1 Å². The lowest BCUT2D eigenvalue weighted by atomic mass is 9.87. The number of methoxy groups -OCH3 is 1. The molecule has 0 radical (unpaired) electrons. The minimum Gasteiger partial charge on any atom is -0.497 e. The van der Waals surface area contributed by atoms with Crippen LogP contribution in [0.1, 0.15) is 17.5 Å². The predicted molar refractivity (Wildman–Crippen MR) is 80.2 cm³/mol. The number of fused-ring (bicyclic) bond motifs is 2. The van der Waals surface area contributed by atoms with Gasteiger partial charge in [-0.05, 0) is 67.4 Å². The number of ether oxygens (including phenoxy) is 1. The molecular formula is C17H24N2O. The highest BCUT2D eigenvalue weighted by molar-refractivity contribution is 5.38. The van der Waals surface area contributed by atoms with E-state index in [1.165, 1.54) is 56.6 Å². The molecule has 0 amide bonds. The van der Waals surface area contributed by atoms with E-state index in [9.17, 15) is 0 Å². The van der Waals surface area contributed by atoms with E-state index < -0.39 is 0 Å². The zero-order valence-corrected chi connectivity index (χ0v) is 12.3. The Morgan fingerprint density at radius 3 is 2.70 bits per heavy atom. The first kappa shape index (κ1) is 12.7. The van der Waals surface area contributed by atoms with E-state index in [0.717, 1.165) is 23.6 Å². The van der Waals surface area contributed by atoms with Crippen molar-refractivity contribution in [2.45, 2.75) is 25.3 Å². The Morgan fingerprint density at radius 1 is 1.15 bits per heavy atom. The average molecular weight is 272 g/mol. The second-order valence-corrected chi connectivity index (χ2v) is 6.66. The van der Waals surface area contributed by atoms with Gasteiger partial charge in [-0.15, -0.1) is 0 Å². The molecule has 1 aliphatic carbocycles. The van der Waals surface area contributed by atoms with Crippen molar-refractivity contribution in [3.63, 3.8) is 0 Å². The van der Waals surface area contributed by atoms with Gasteiger partial charge in [0.2, 0.25) is 0 Å². The van der Waals surface area contributed by atoms with Crippen molar-refractivity contribution in [3.8, 4) is 5.75 Å². The fraction of sp³-hybridized carbons (Fsp3) is 0.647. The van der Waals surface area contributed by atoms with Gasteiger partial charge in [-0.25, -0.2) is 0 Å². The van der Waals surface area contributed by atoms with Crippen LogP contribution in [-0.4, -0.2) is 44.2 Å². The van der Waals surface area contributed by atoms with Crippen LogP contribution >= 0.6 is 0 Å². The number of rotatable bonds is 2. The third-order valence-electron chi connectivity index (χ3n) is 5.55. The van der Waals surface area contributed by atoms with Gasteiger partial charge in [0.25, 0.3) is 0 Å². The summed E-state index contributed by atoms with van der Waals surface area (Å²) in [7, 11) is 1.76. The van der Waals surface area contributed by atoms with Gasteiger partial charge in [-0.1, -0.05) is 6.07 Å². The van der Waals surface area contributed by atoms with E-state index in [-0.39, 0.29) is 0 Å². The molecule has 2 aliphatic heterocycles. The van der Waals surface area contributed by atoms with Crippen molar-refractivity contribution in [2.24, 2.45) is 11.8 Å². The topological polar surface area (TPSA) is 24.5 Å². The lowest BCUT2D eigenvalue weighted by Crippen LogP contribution is -2.39. The summed E-state index contributed by atoms with van der Waals surface area (Å²) in [6.07, 6.45) is 3.76. The molecule has 2 heterocycles. The molecule has 2 fully saturated rings. The number of nitrogens with one attached hydrogen (secondary N) is 1. The number of aryl methyl sites for hydroxylation is 1. The number of hydrogen-bond acceptors (Lipinski definition) is 3. The van der Waals surface area contributed by atoms with Gasteiger partial charge in [0.1, 0.15) is 5.75 Å². The maximum absolute atomic E-state index is 5.38. The minimum absolute atomic E-state index is 0.750. The Kier molecular flexibility index (Phi) is 3.20. The number of benzene rings is 1. The van der Waals surface area contributed by atoms with Gasteiger partial charge < -0.3 is 10.1 Å². The van der Waals surface area contributed by atoms with Gasteiger partial charge >= 0.3 is 0 Å². The molecule has 0 bridgehead atoms. The standard InChI is InChI=1S/C17H24N2O/c1-20-17-5-3-12-2-4-16(6-13(12)7-17)19-10-14-8-18-9-15(14)11-19/h3,5,7,14-16,18H,2,4,6,8-11H2,1H3/t14-,15+,16?. The van der Waals surface area contributed by atoms with Crippen molar-refractivity contribution in [1.29, 1.82) is 0 Å². The Bertz CT molecular complexity index is 490. The third kappa shape index (κ3) is 2.13. The average Bonchev–Trinajstić information content (AvgIpc) is 3.07.